The van der Waals surface area contributed by atoms with E-state index in [1.165, 1.54) is 11.1 Å². The molecule has 0 unspecified atom stereocenters. The van der Waals surface area contributed by atoms with Crippen molar-refractivity contribution in [2.45, 2.75) is 45.6 Å². The zero-order valence-electron chi connectivity index (χ0n) is 14.3. The van der Waals surface area contributed by atoms with Crippen molar-refractivity contribution in [1.29, 1.82) is 0 Å². The number of nitrogens with one attached hydrogen (secondary N) is 1. The number of carbonyl (C=O) groups excluding carboxylic acids is 1. The van der Waals surface area contributed by atoms with Crippen LogP contribution in [0.5, 0.6) is 5.75 Å². The first-order chi connectivity index (χ1) is 11.0. The van der Waals surface area contributed by atoms with Crippen molar-refractivity contribution in [3.8, 4) is 5.75 Å². The van der Waals surface area contributed by atoms with Crippen molar-refractivity contribution in [1.82, 2.24) is 10.2 Å². The second-order valence-corrected chi connectivity index (χ2v) is 6.59. The van der Waals surface area contributed by atoms with Gasteiger partial charge in [-0.2, -0.15) is 0 Å². The van der Waals surface area contributed by atoms with Gasteiger partial charge in [0.1, 0.15) is 18.4 Å². The van der Waals surface area contributed by atoms with Gasteiger partial charge in [0.05, 0.1) is 0 Å². The number of rotatable bonds is 6. The molecule has 2 rings (SSSR count). The molecule has 1 aromatic carbocycles. The Hall–Kier alpha value is -1.75. The second kappa shape index (κ2) is 8.20. The summed E-state index contributed by atoms with van der Waals surface area (Å²) < 4.78 is 6.01. The number of carboxylic acid groups (broad SMARTS) is 1. The maximum Gasteiger partial charge on any atom is 0.134 e. The highest BCUT2D eigenvalue weighted by molar-refractivity contribution is 5.62. The van der Waals surface area contributed by atoms with Gasteiger partial charge >= 0.3 is 0 Å². The molecular weight excluding hydrogens is 292 g/mol. The Labute approximate surface area is 138 Å². The van der Waals surface area contributed by atoms with Crippen LogP contribution in [0.4, 0.5) is 4.79 Å². The quantitative estimate of drug-likeness (QED) is 0.870. The van der Waals surface area contributed by atoms with Crippen LogP contribution < -0.4 is 15.2 Å². The van der Waals surface area contributed by atoms with Crippen molar-refractivity contribution in [3.63, 3.8) is 0 Å². The number of likely N-dealkylation sites (tertiary alicyclic amines) is 1. The van der Waals surface area contributed by atoms with Crippen LogP contribution in [-0.4, -0.2) is 43.3 Å². The van der Waals surface area contributed by atoms with Crippen LogP contribution in [0, 0.1) is 6.92 Å². The number of hydrogen-bond donors (Lipinski definition) is 1. The molecule has 5 heteroatoms. The fourth-order valence-corrected chi connectivity index (χ4v) is 3.00. The Kier molecular flexibility index (Phi) is 6.28. The summed E-state index contributed by atoms with van der Waals surface area (Å²) in [6, 6.07) is 6.40. The molecule has 1 aliphatic heterocycles. The molecule has 23 heavy (non-hydrogen) atoms. The predicted molar refractivity (Wildman–Crippen MR) is 88.8 cm³/mol. The summed E-state index contributed by atoms with van der Waals surface area (Å²) in [6.45, 7) is 9.72. The molecule has 0 saturated carbocycles. The van der Waals surface area contributed by atoms with Crippen LogP contribution in [0.1, 0.15) is 43.7 Å². The summed E-state index contributed by atoms with van der Waals surface area (Å²) in [5, 5.41) is 13.0. The lowest BCUT2D eigenvalue weighted by atomic mass is 10.0. The first-order valence-electron chi connectivity index (χ1n) is 8.39. The van der Waals surface area contributed by atoms with Crippen LogP contribution in [0.25, 0.3) is 0 Å². The Balaban J connectivity index is 1.78. The van der Waals surface area contributed by atoms with Gasteiger partial charge in [-0.3, -0.25) is 4.90 Å². The van der Waals surface area contributed by atoms with Gasteiger partial charge < -0.3 is 20.0 Å². The third-order valence-corrected chi connectivity index (χ3v) is 4.37. The van der Waals surface area contributed by atoms with Crippen LogP contribution in [-0.2, 0) is 0 Å². The number of amides is 1. The van der Waals surface area contributed by atoms with Gasteiger partial charge in [-0.15, -0.1) is 0 Å². The van der Waals surface area contributed by atoms with Crippen molar-refractivity contribution in [2.24, 2.45) is 0 Å². The Morgan fingerprint density at radius 1 is 1.39 bits per heavy atom. The standard InChI is InChI=1S/C18H28N2O3/c1-13(2)16-5-4-14(3)12-17(16)23-11-10-20-8-6-15(7-9-20)19-18(21)22/h4-5,12-13,15,19H,6-11H2,1-3H3,(H,21,22)/p-1. The first-order valence-corrected chi connectivity index (χ1v) is 8.39. The highest BCUT2D eigenvalue weighted by atomic mass is 16.5. The summed E-state index contributed by atoms with van der Waals surface area (Å²) in [6.07, 6.45) is 0.484. The molecule has 0 atom stereocenters. The predicted octanol–water partition coefficient (Wildman–Crippen LogP) is 1.89. The fraction of sp³-hybridized carbons (Fsp3) is 0.611. The van der Waals surface area contributed by atoms with Crippen molar-refractivity contribution < 1.29 is 14.6 Å². The largest absolute Gasteiger partial charge is 0.530 e. The zero-order valence-corrected chi connectivity index (χ0v) is 14.3. The molecule has 0 bridgehead atoms. The minimum atomic E-state index is -1.17. The monoisotopic (exact) mass is 319 g/mol. The van der Waals surface area contributed by atoms with Crippen molar-refractivity contribution in [3.05, 3.63) is 29.3 Å². The third-order valence-electron chi connectivity index (χ3n) is 4.37. The number of carbonyl (C=O) groups is 1. The van der Waals surface area contributed by atoms with Crippen molar-refractivity contribution in [2.75, 3.05) is 26.2 Å². The maximum atomic E-state index is 10.5. The summed E-state index contributed by atoms with van der Waals surface area (Å²) in [7, 11) is 0. The first kappa shape index (κ1) is 17.6. The van der Waals surface area contributed by atoms with E-state index >= 15 is 0 Å². The highest BCUT2D eigenvalue weighted by Crippen LogP contribution is 2.27. The van der Waals surface area contributed by atoms with Gasteiger partial charge in [0.15, 0.2) is 0 Å². The molecule has 1 fully saturated rings. The van der Waals surface area contributed by atoms with E-state index in [4.69, 9.17) is 4.74 Å². The number of ether oxygens (including phenoxy) is 1. The number of nitrogens with zero attached hydrogens (tertiary/aromatic N) is 1. The van der Waals surface area contributed by atoms with Gasteiger partial charge in [-0.25, -0.2) is 0 Å². The van der Waals surface area contributed by atoms with Crippen LogP contribution in [0.2, 0.25) is 0 Å². The minimum absolute atomic E-state index is 0.0292. The van der Waals surface area contributed by atoms with Crippen molar-refractivity contribution >= 4 is 6.09 Å². The van der Waals surface area contributed by atoms with E-state index in [1.54, 1.807) is 0 Å². The summed E-state index contributed by atoms with van der Waals surface area (Å²) in [5.74, 6) is 1.42. The Morgan fingerprint density at radius 3 is 2.70 bits per heavy atom. The molecule has 0 radical (unpaired) electrons. The van der Waals surface area contributed by atoms with Gasteiger partial charge in [-0.05, 0) is 42.9 Å². The van der Waals surface area contributed by atoms with E-state index in [0.29, 0.717) is 12.5 Å². The summed E-state index contributed by atoms with van der Waals surface area (Å²) >= 11 is 0. The van der Waals surface area contributed by atoms with Crippen LogP contribution in [0.15, 0.2) is 18.2 Å². The average molecular weight is 319 g/mol. The lowest BCUT2D eigenvalue weighted by Gasteiger charge is -2.32. The maximum absolute atomic E-state index is 10.5. The molecule has 0 spiro atoms. The molecule has 128 valence electrons. The molecule has 1 saturated heterocycles. The second-order valence-electron chi connectivity index (χ2n) is 6.59. The van der Waals surface area contributed by atoms with Crippen LogP contribution >= 0.6 is 0 Å². The number of aryl methyl sites for hydroxylation is 1. The lowest BCUT2D eigenvalue weighted by molar-refractivity contribution is -0.251. The zero-order chi connectivity index (χ0) is 16.8. The molecule has 1 aliphatic rings. The van der Waals surface area contributed by atoms with Gasteiger partial charge in [0.25, 0.3) is 0 Å². The van der Waals surface area contributed by atoms with Gasteiger partial charge in [0.2, 0.25) is 0 Å². The lowest BCUT2D eigenvalue weighted by Crippen LogP contribution is -2.49. The smallest absolute Gasteiger partial charge is 0.134 e. The molecule has 0 aliphatic carbocycles. The number of piperidine rings is 1. The normalized spacial score (nSPS) is 16.5. The molecule has 1 aromatic rings. The summed E-state index contributed by atoms with van der Waals surface area (Å²) in [5.41, 5.74) is 2.45. The fourth-order valence-electron chi connectivity index (χ4n) is 3.00. The van der Waals surface area contributed by atoms with E-state index in [9.17, 15) is 9.90 Å². The average Bonchev–Trinajstić information content (AvgIpc) is 2.48. The molecule has 5 nitrogen and oxygen atoms in total. The molecule has 1 heterocycles. The molecule has 0 aromatic heterocycles. The SMILES string of the molecule is Cc1ccc(C(C)C)c(OCCN2CCC(NC(=O)[O-])CC2)c1. The highest BCUT2D eigenvalue weighted by Gasteiger charge is 2.18. The van der Waals surface area contributed by atoms with Gasteiger partial charge in [-0.1, -0.05) is 26.0 Å². The summed E-state index contributed by atoms with van der Waals surface area (Å²) in [4.78, 5) is 12.9. The molecule has 1 N–H and O–H groups in total. The van der Waals surface area contributed by atoms with E-state index in [2.05, 4.69) is 49.2 Å². The Morgan fingerprint density at radius 2 is 2.09 bits per heavy atom. The van der Waals surface area contributed by atoms with E-state index in [0.717, 1.165) is 38.2 Å². The van der Waals surface area contributed by atoms with Crippen LogP contribution in [0.3, 0.4) is 0 Å². The van der Waals surface area contributed by atoms with E-state index < -0.39 is 6.09 Å². The molecule has 1 amide bonds. The number of benzene rings is 1. The Bertz CT molecular complexity index is 523. The number of hydrogen-bond acceptors (Lipinski definition) is 4. The van der Waals surface area contributed by atoms with Gasteiger partial charge in [0, 0.05) is 25.7 Å². The topological polar surface area (TPSA) is 64.6 Å². The minimum Gasteiger partial charge on any atom is -0.530 e. The third kappa shape index (κ3) is 5.43. The molecular formula is C18H27N2O3-. The van der Waals surface area contributed by atoms with E-state index in [1.807, 2.05) is 0 Å². The van der Waals surface area contributed by atoms with E-state index in [-0.39, 0.29) is 6.04 Å².